The van der Waals surface area contributed by atoms with E-state index in [9.17, 15) is 14.7 Å². The standard InChI is InChI=1S/C13H17NO3S/c1-8-6-7-18-12(8)11-9(13(16)17)4-3-5-10(15)14(11)2/h6-7,9,11H,3-5H2,1-2H3,(H,16,17). The van der Waals surface area contributed by atoms with Crippen LogP contribution in [0.25, 0.3) is 0 Å². The molecule has 2 atom stereocenters. The Balaban J connectivity index is 2.44. The van der Waals surface area contributed by atoms with Crippen molar-refractivity contribution >= 4 is 23.2 Å². The van der Waals surface area contributed by atoms with Crippen molar-refractivity contribution in [1.82, 2.24) is 4.90 Å². The van der Waals surface area contributed by atoms with E-state index in [1.165, 1.54) is 11.3 Å². The van der Waals surface area contributed by atoms with Crippen LogP contribution in [-0.4, -0.2) is 28.9 Å². The Bertz CT molecular complexity index is 469. The van der Waals surface area contributed by atoms with Crippen molar-refractivity contribution in [3.05, 3.63) is 21.9 Å². The number of likely N-dealkylation sites (tertiary alicyclic amines) is 1. The summed E-state index contributed by atoms with van der Waals surface area (Å²) in [6.45, 7) is 1.97. The van der Waals surface area contributed by atoms with Crippen LogP contribution in [0.1, 0.15) is 35.7 Å². The molecule has 1 aliphatic heterocycles. The predicted octanol–water partition coefficient (Wildman–Crippen LogP) is 2.44. The maximum Gasteiger partial charge on any atom is 0.308 e. The lowest BCUT2D eigenvalue weighted by Gasteiger charge is -2.30. The summed E-state index contributed by atoms with van der Waals surface area (Å²) >= 11 is 1.54. The van der Waals surface area contributed by atoms with Crippen LogP contribution >= 0.6 is 11.3 Å². The molecule has 0 aliphatic carbocycles. The minimum absolute atomic E-state index is 0.0385. The van der Waals surface area contributed by atoms with Gasteiger partial charge >= 0.3 is 5.97 Å². The zero-order valence-corrected chi connectivity index (χ0v) is 11.4. The van der Waals surface area contributed by atoms with Gasteiger partial charge in [0.05, 0.1) is 12.0 Å². The molecule has 0 bridgehead atoms. The van der Waals surface area contributed by atoms with Crippen LogP contribution < -0.4 is 0 Å². The van der Waals surface area contributed by atoms with Crippen LogP contribution in [0, 0.1) is 12.8 Å². The van der Waals surface area contributed by atoms with Crippen LogP contribution in [0.3, 0.4) is 0 Å². The van der Waals surface area contributed by atoms with Gasteiger partial charge in [-0.1, -0.05) is 0 Å². The molecule has 5 heteroatoms. The number of hydrogen-bond acceptors (Lipinski definition) is 3. The summed E-state index contributed by atoms with van der Waals surface area (Å²) in [4.78, 5) is 26.0. The Labute approximate surface area is 110 Å². The van der Waals surface area contributed by atoms with Gasteiger partial charge in [-0.15, -0.1) is 11.3 Å². The molecule has 1 fully saturated rings. The highest BCUT2D eigenvalue weighted by Gasteiger charge is 2.38. The highest BCUT2D eigenvalue weighted by Crippen LogP contribution is 2.38. The van der Waals surface area contributed by atoms with Crippen LogP contribution in [0.5, 0.6) is 0 Å². The Hall–Kier alpha value is -1.36. The van der Waals surface area contributed by atoms with E-state index < -0.39 is 11.9 Å². The molecule has 1 saturated heterocycles. The average Bonchev–Trinajstić information content (AvgIpc) is 2.66. The van der Waals surface area contributed by atoms with Gasteiger partial charge in [-0.3, -0.25) is 9.59 Å². The minimum Gasteiger partial charge on any atom is -0.481 e. The van der Waals surface area contributed by atoms with Crippen LogP contribution in [-0.2, 0) is 9.59 Å². The molecular formula is C13H17NO3S. The van der Waals surface area contributed by atoms with Gasteiger partial charge in [-0.2, -0.15) is 0 Å². The Morgan fingerprint density at radius 3 is 2.83 bits per heavy atom. The number of carboxylic acids is 1. The van der Waals surface area contributed by atoms with Gasteiger partial charge in [-0.05, 0) is 36.8 Å². The fraction of sp³-hybridized carbons (Fsp3) is 0.538. The highest BCUT2D eigenvalue weighted by atomic mass is 32.1. The van der Waals surface area contributed by atoms with E-state index in [4.69, 9.17) is 0 Å². The van der Waals surface area contributed by atoms with Crippen molar-refractivity contribution in [3.63, 3.8) is 0 Å². The van der Waals surface area contributed by atoms with Crippen molar-refractivity contribution < 1.29 is 14.7 Å². The molecule has 2 rings (SSSR count). The third-order valence-electron chi connectivity index (χ3n) is 3.59. The number of aryl methyl sites for hydroxylation is 1. The number of carbonyl (C=O) groups excluding carboxylic acids is 1. The Morgan fingerprint density at radius 1 is 1.56 bits per heavy atom. The summed E-state index contributed by atoms with van der Waals surface area (Å²) in [5.41, 5.74) is 1.07. The van der Waals surface area contributed by atoms with Gasteiger partial charge in [0.1, 0.15) is 0 Å². The first kappa shape index (κ1) is 13.1. The SMILES string of the molecule is Cc1ccsc1C1C(C(=O)O)CCCC(=O)N1C. The van der Waals surface area contributed by atoms with Gasteiger partial charge in [0.25, 0.3) is 0 Å². The molecule has 18 heavy (non-hydrogen) atoms. The fourth-order valence-corrected chi connectivity index (χ4v) is 3.67. The lowest BCUT2D eigenvalue weighted by atomic mass is 9.92. The largest absolute Gasteiger partial charge is 0.481 e. The van der Waals surface area contributed by atoms with E-state index in [1.807, 2.05) is 18.4 Å². The quantitative estimate of drug-likeness (QED) is 0.895. The zero-order chi connectivity index (χ0) is 13.3. The molecule has 2 heterocycles. The fourth-order valence-electron chi connectivity index (χ4n) is 2.54. The van der Waals surface area contributed by atoms with Crippen LogP contribution in [0.4, 0.5) is 0 Å². The molecule has 2 unspecified atom stereocenters. The third kappa shape index (κ3) is 2.27. The first-order valence-corrected chi connectivity index (χ1v) is 6.92. The normalized spacial score (nSPS) is 25.0. The number of thiophene rings is 1. The number of amides is 1. The summed E-state index contributed by atoms with van der Waals surface area (Å²) in [6, 6.07) is 1.65. The predicted molar refractivity (Wildman–Crippen MR) is 69.5 cm³/mol. The molecule has 1 N–H and O–H groups in total. The molecular weight excluding hydrogens is 250 g/mol. The number of aliphatic carboxylic acids is 1. The average molecular weight is 267 g/mol. The van der Waals surface area contributed by atoms with Crippen molar-refractivity contribution in [3.8, 4) is 0 Å². The van der Waals surface area contributed by atoms with Crippen molar-refractivity contribution in [2.75, 3.05) is 7.05 Å². The number of rotatable bonds is 2. The maximum absolute atomic E-state index is 11.9. The van der Waals surface area contributed by atoms with Crippen molar-refractivity contribution in [2.24, 2.45) is 5.92 Å². The summed E-state index contributed by atoms with van der Waals surface area (Å²) < 4.78 is 0. The smallest absolute Gasteiger partial charge is 0.308 e. The second-order valence-corrected chi connectivity index (χ2v) is 5.70. The second-order valence-electron chi connectivity index (χ2n) is 4.75. The lowest BCUT2D eigenvalue weighted by molar-refractivity contribution is -0.145. The Kier molecular flexibility index (Phi) is 3.71. The summed E-state index contributed by atoms with van der Waals surface area (Å²) in [7, 11) is 1.72. The van der Waals surface area contributed by atoms with Crippen molar-refractivity contribution in [1.29, 1.82) is 0 Å². The van der Waals surface area contributed by atoms with Crippen LogP contribution in [0.15, 0.2) is 11.4 Å². The van der Waals surface area contributed by atoms with E-state index in [0.717, 1.165) is 10.4 Å². The molecule has 0 aromatic carbocycles. The summed E-state index contributed by atoms with van der Waals surface area (Å²) in [6.07, 6.45) is 1.66. The van der Waals surface area contributed by atoms with E-state index in [0.29, 0.717) is 19.3 Å². The molecule has 0 saturated carbocycles. The molecule has 0 radical (unpaired) electrons. The van der Waals surface area contributed by atoms with Gasteiger partial charge < -0.3 is 10.0 Å². The van der Waals surface area contributed by atoms with Crippen LogP contribution in [0.2, 0.25) is 0 Å². The van der Waals surface area contributed by atoms with Gasteiger partial charge in [0.15, 0.2) is 0 Å². The van der Waals surface area contributed by atoms with E-state index in [-0.39, 0.29) is 11.9 Å². The Morgan fingerprint density at radius 2 is 2.28 bits per heavy atom. The van der Waals surface area contributed by atoms with Gasteiger partial charge in [0.2, 0.25) is 5.91 Å². The summed E-state index contributed by atoms with van der Waals surface area (Å²) in [5, 5.41) is 11.3. The molecule has 1 aromatic rings. The molecule has 0 spiro atoms. The maximum atomic E-state index is 11.9. The number of carboxylic acid groups (broad SMARTS) is 1. The van der Waals surface area contributed by atoms with E-state index >= 15 is 0 Å². The zero-order valence-electron chi connectivity index (χ0n) is 10.5. The number of hydrogen-bond donors (Lipinski definition) is 1. The first-order chi connectivity index (χ1) is 8.52. The molecule has 4 nitrogen and oxygen atoms in total. The highest BCUT2D eigenvalue weighted by molar-refractivity contribution is 7.10. The van der Waals surface area contributed by atoms with Crippen molar-refractivity contribution in [2.45, 2.75) is 32.2 Å². The minimum atomic E-state index is -0.811. The van der Waals surface area contributed by atoms with E-state index in [1.54, 1.807) is 11.9 Å². The number of carbonyl (C=O) groups is 2. The molecule has 98 valence electrons. The second kappa shape index (κ2) is 5.10. The monoisotopic (exact) mass is 267 g/mol. The molecule has 1 amide bonds. The van der Waals surface area contributed by atoms with Gasteiger partial charge in [0, 0.05) is 18.3 Å². The first-order valence-electron chi connectivity index (χ1n) is 6.05. The topological polar surface area (TPSA) is 57.6 Å². The van der Waals surface area contributed by atoms with E-state index in [2.05, 4.69) is 0 Å². The summed E-state index contributed by atoms with van der Waals surface area (Å²) in [5.74, 6) is -1.27. The lowest BCUT2D eigenvalue weighted by Crippen LogP contribution is -2.35. The third-order valence-corrected chi connectivity index (χ3v) is 4.67. The molecule has 1 aromatic heterocycles. The number of nitrogens with zero attached hydrogens (tertiary/aromatic N) is 1. The molecule has 1 aliphatic rings. The van der Waals surface area contributed by atoms with Gasteiger partial charge in [-0.25, -0.2) is 0 Å².